The molecule has 1 saturated heterocycles. The zero-order valence-electron chi connectivity index (χ0n) is 27.5. The topological polar surface area (TPSA) is 120 Å². The van der Waals surface area contributed by atoms with Gasteiger partial charge in [0.2, 0.25) is 0 Å². The summed E-state index contributed by atoms with van der Waals surface area (Å²) < 4.78 is 10.2. The van der Waals surface area contributed by atoms with Gasteiger partial charge in [0.1, 0.15) is 16.9 Å². The standard InChI is InChI=1S/C37H43N7O3/c1-23-29-16-15-25-20-31(44(34(25)40-29)18-9-5-4-6-11-24-12-7-8-14-28(24)36(45)39-23)35-41-30-19-26(21-32(47-3)33(30)42(35)2)37(46)43-17-10-13-27(38)22-43/h7-8,12,14-16,19-21,23,27H,4-6,9-11,13,17-18,22,38H2,1-3H3,(H,39,45)/t23-,27-/m1/s1. The van der Waals surface area contributed by atoms with Gasteiger partial charge in [0.05, 0.1) is 30.1 Å². The molecule has 3 aromatic heterocycles. The fourth-order valence-electron chi connectivity index (χ4n) is 7.24. The minimum atomic E-state index is -0.276. The van der Waals surface area contributed by atoms with Crippen LogP contribution in [0.1, 0.15) is 83.5 Å². The number of imidazole rings is 1. The van der Waals surface area contributed by atoms with Crippen LogP contribution in [0.15, 0.2) is 54.6 Å². The predicted molar refractivity (Wildman–Crippen MR) is 184 cm³/mol. The molecule has 1 fully saturated rings. The zero-order valence-corrected chi connectivity index (χ0v) is 27.5. The number of carbonyl (C=O) groups is 2. The van der Waals surface area contributed by atoms with Gasteiger partial charge in [0.25, 0.3) is 11.8 Å². The van der Waals surface area contributed by atoms with E-state index in [0.29, 0.717) is 29.9 Å². The lowest BCUT2D eigenvalue weighted by Crippen LogP contribution is -2.45. The van der Waals surface area contributed by atoms with E-state index in [4.69, 9.17) is 20.4 Å². The number of pyridine rings is 1. The molecule has 2 aliphatic heterocycles. The molecule has 5 aromatic rings. The SMILES string of the molecule is COc1cc(C(=O)N2CCC[C@@H](N)C2)cc2nc(-c3cc4ccc5nc4n3CCCCCCc3ccccc3C(=O)N[C@@H]5C)n(C)c12. The number of nitrogens with zero attached hydrogens (tertiary/aromatic N) is 5. The van der Waals surface area contributed by atoms with Crippen molar-refractivity contribution in [3.05, 3.63) is 77.0 Å². The van der Waals surface area contributed by atoms with Crippen molar-refractivity contribution in [2.24, 2.45) is 12.8 Å². The number of benzene rings is 2. The van der Waals surface area contributed by atoms with Crippen molar-refractivity contribution in [1.29, 1.82) is 0 Å². The van der Waals surface area contributed by atoms with E-state index in [-0.39, 0.29) is 23.9 Å². The molecular formula is C37H43N7O3. The number of hydrogen-bond donors (Lipinski definition) is 2. The van der Waals surface area contributed by atoms with Crippen molar-refractivity contribution in [2.75, 3.05) is 20.2 Å². The van der Waals surface area contributed by atoms with Gasteiger partial charge in [0, 0.05) is 49.2 Å². The summed E-state index contributed by atoms with van der Waals surface area (Å²) in [5.41, 5.74) is 12.7. The van der Waals surface area contributed by atoms with Gasteiger partial charge in [-0.3, -0.25) is 9.59 Å². The Labute approximate surface area is 274 Å². The maximum absolute atomic E-state index is 13.5. The van der Waals surface area contributed by atoms with E-state index >= 15 is 0 Å². The molecule has 47 heavy (non-hydrogen) atoms. The van der Waals surface area contributed by atoms with Crippen molar-refractivity contribution in [3.63, 3.8) is 0 Å². The third-order valence-corrected chi connectivity index (χ3v) is 9.77. The van der Waals surface area contributed by atoms with Crippen molar-refractivity contribution in [3.8, 4) is 17.3 Å². The Morgan fingerprint density at radius 3 is 2.66 bits per heavy atom. The van der Waals surface area contributed by atoms with E-state index in [1.54, 1.807) is 7.11 Å². The summed E-state index contributed by atoms with van der Waals surface area (Å²) in [6.07, 6.45) is 6.85. The number of ether oxygens (including phenoxy) is 1. The summed E-state index contributed by atoms with van der Waals surface area (Å²) in [6, 6.07) is 17.5. The van der Waals surface area contributed by atoms with E-state index in [0.717, 1.165) is 96.4 Å². The number of piperidine rings is 1. The summed E-state index contributed by atoms with van der Waals surface area (Å²) in [5.74, 6) is 1.26. The summed E-state index contributed by atoms with van der Waals surface area (Å²) >= 11 is 0. The molecule has 3 N–H and O–H groups in total. The van der Waals surface area contributed by atoms with Crippen LogP contribution in [-0.4, -0.2) is 62.1 Å². The second-order valence-electron chi connectivity index (χ2n) is 13.0. The zero-order chi connectivity index (χ0) is 32.7. The van der Waals surface area contributed by atoms with Gasteiger partial charge in [-0.15, -0.1) is 0 Å². The van der Waals surface area contributed by atoms with Crippen LogP contribution in [0.4, 0.5) is 0 Å². The number of amides is 2. The van der Waals surface area contributed by atoms with E-state index < -0.39 is 0 Å². The Hall–Kier alpha value is -4.70. The van der Waals surface area contributed by atoms with Gasteiger partial charge in [-0.1, -0.05) is 31.0 Å². The highest BCUT2D eigenvalue weighted by Crippen LogP contribution is 2.35. The first kappa shape index (κ1) is 30.9. The van der Waals surface area contributed by atoms with Gasteiger partial charge in [-0.25, -0.2) is 9.97 Å². The van der Waals surface area contributed by atoms with Crippen LogP contribution < -0.4 is 15.8 Å². The molecule has 2 bridgehead atoms. The number of nitrogens with one attached hydrogen (secondary N) is 1. The molecule has 0 unspecified atom stereocenters. The third kappa shape index (κ3) is 5.86. The van der Waals surface area contributed by atoms with Gasteiger partial charge in [-0.2, -0.15) is 0 Å². The molecule has 2 aromatic carbocycles. The molecule has 2 amide bonds. The van der Waals surface area contributed by atoms with Gasteiger partial charge < -0.3 is 29.8 Å². The van der Waals surface area contributed by atoms with Crippen LogP contribution in [0.2, 0.25) is 0 Å². The number of aryl methyl sites for hydroxylation is 3. The van der Waals surface area contributed by atoms with Crippen LogP contribution in [-0.2, 0) is 20.0 Å². The fourth-order valence-corrected chi connectivity index (χ4v) is 7.24. The molecule has 5 heterocycles. The highest BCUT2D eigenvalue weighted by Gasteiger charge is 2.26. The number of methoxy groups -OCH3 is 1. The van der Waals surface area contributed by atoms with E-state index in [1.165, 1.54) is 0 Å². The Morgan fingerprint density at radius 2 is 1.83 bits per heavy atom. The van der Waals surface area contributed by atoms with Gasteiger partial charge in [-0.05, 0) is 81.0 Å². The normalized spacial score (nSPS) is 19.3. The van der Waals surface area contributed by atoms with Crippen LogP contribution in [0.3, 0.4) is 0 Å². The second kappa shape index (κ2) is 12.8. The van der Waals surface area contributed by atoms with Crippen LogP contribution in [0, 0.1) is 0 Å². The lowest BCUT2D eigenvalue weighted by molar-refractivity contribution is 0.0708. The first-order valence-electron chi connectivity index (χ1n) is 16.8. The molecule has 2 aliphatic rings. The molecule has 0 spiro atoms. The molecule has 0 radical (unpaired) electrons. The number of aromatic nitrogens is 4. The Kier molecular flexibility index (Phi) is 8.44. The fraction of sp³-hybridized carbons (Fsp3) is 0.405. The van der Waals surface area contributed by atoms with Crippen LogP contribution >= 0.6 is 0 Å². The maximum atomic E-state index is 13.5. The van der Waals surface area contributed by atoms with Crippen LogP contribution in [0.25, 0.3) is 33.6 Å². The van der Waals surface area contributed by atoms with Crippen molar-refractivity contribution in [2.45, 2.75) is 70.5 Å². The highest BCUT2D eigenvalue weighted by molar-refractivity contribution is 6.00. The summed E-state index contributed by atoms with van der Waals surface area (Å²) in [7, 11) is 3.62. The van der Waals surface area contributed by atoms with Gasteiger partial charge >= 0.3 is 0 Å². The Bertz CT molecular complexity index is 1980. The van der Waals surface area contributed by atoms with Crippen molar-refractivity contribution >= 4 is 33.9 Å². The second-order valence-corrected chi connectivity index (χ2v) is 13.0. The molecule has 0 saturated carbocycles. The smallest absolute Gasteiger partial charge is 0.254 e. The molecule has 10 heteroatoms. The average molecular weight is 634 g/mol. The molecule has 244 valence electrons. The number of likely N-dealkylation sites (tertiary alicyclic amines) is 1. The number of fused-ring (bicyclic) bond motifs is 3. The average Bonchev–Trinajstić information content (AvgIpc) is 3.61. The van der Waals surface area contributed by atoms with Crippen LogP contribution in [0.5, 0.6) is 5.75 Å². The third-order valence-electron chi connectivity index (χ3n) is 9.77. The predicted octanol–water partition coefficient (Wildman–Crippen LogP) is 5.77. The summed E-state index contributed by atoms with van der Waals surface area (Å²) in [4.78, 5) is 39.0. The minimum absolute atomic E-state index is 0.00124. The monoisotopic (exact) mass is 633 g/mol. The number of hydrogen-bond acceptors (Lipinski definition) is 6. The number of nitrogens with two attached hydrogens (primary N) is 1. The quantitative estimate of drug-likeness (QED) is 0.260. The molecule has 7 rings (SSSR count). The first-order valence-corrected chi connectivity index (χ1v) is 16.8. The minimum Gasteiger partial charge on any atom is -0.494 e. The molecular weight excluding hydrogens is 590 g/mol. The van der Waals surface area contributed by atoms with Crippen molar-refractivity contribution in [1.82, 2.24) is 29.3 Å². The lowest BCUT2D eigenvalue weighted by Gasteiger charge is -2.30. The number of carbonyl (C=O) groups excluding carboxylic acids is 2. The van der Waals surface area contributed by atoms with E-state index in [9.17, 15) is 9.59 Å². The highest BCUT2D eigenvalue weighted by atomic mass is 16.5. The first-order chi connectivity index (χ1) is 22.8. The van der Waals surface area contributed by atoms with Crippen molar-refractivity contribution < 1.29 is 14.3 Å². The molecule has 10 nitrogen and oxygen atoms in total. The van der Waals surface area contributed by atoms with E-state index in [2.05, 4.69) is 28.1 Å². The number of rotatable bonds is 3. The Balaban J connectivity index is 1.29. The summed E-state index contributed by atoms with van der Waals surface area (Å²) in [5, 5.41) is 4.19. The van der Waals surface area contributed by atoms with Gasteiger partial charge in [0.15, 0.2) is 5.82 Å². The van der Waals surface area contributed by atoms with E-state index in [1.807, 2.05) is 59.8 Å². The summed E-state index contributed by atoms with van der Waals surface area (Å²) in [6.45, 7) is 4.02. The molecule has 2 atom stereocenters. The Morgan fingerprint density at radius 1 is 1.00 bits per heavy atom. The largest absolute Gasteiger partial charge is 0.494 e. The maximum Gasteiger partial charge on any atom is 0.254 e. The lowest BCUT2D eigenvalue weighted by atomic mass is 10.00. The molecule has 0 aliphatic carbocycles.